The van der Waals surface area contributed by atoms with Gasteiger partial charge in [-0.25, -0.2) is 13.2 Å². The van der Waals surface area contributed by atoms with Crippen molar-refractivity contribution in [3.05, 3.63) is 29.8 Å². The Morgan fingerprint density at radius 3 is 1.91 bits per heavy atom. The van der Waals surface area contributed by atoms with E-state index in [0.717, 1.165) is 19.3 Å². The summed E-state index contributed by atoms with van der Waals surface area (Å²) < 4.78 is 38.7. The summed E-state index contributed by atoms with van der Waals surface area (Å²) in [6, 6.07) is 5.04. The molecule has 6 heteroatoms. The number of carbonyl (C=O) groups is 1. The largest absolute Gasteiger partial charge is 0.744 e. The second-order valence-corrected chi connectivity index (χ2v) is 8.85. The van der Waals surface area contributed by atoms with E-state index in [1.54, 1.807) is 0 Å². The molecule has 23 heavy (non-hydrogen) atoms. The average molecular weight is 335 g/mol. The second kappa shape index (κ2) is 5.05. The van der Waals surface area contributed by atoms with Gasteiger partial charge in [-0.15, -0.1) is 0 Å². The van der Waals surface area contributed by atoms with Gasteiger partial charge in [-0.05, 0) is 80.5 Å². The van der Waals surface area contributed by atoms with E-state index >= 15 is 0 Å². The Hall–Kier alpha value is -1.40. The summed E-state index contributed by atoms with van der Waals surface area (Å²) in [7, 11) is -4.49. The molecule has 4 aliphatic carbocycles. The standard InChI is InChI=1S/C17H20O5S/c18-16(14-1-3-15(4-2-14)23(19,20)21)22-17-8-11-5-12(9-17)7-13(6-11)10-17/h1-4,11-13H,5-10H2,(H,19,20,21)/p-1. The molecule has 1 aromatic rings. The molecule has 4 fully saturated rings. The average Bonchev–Trinajstić information content (AvgIpc) is 2.44. The first-order chi connectivity index (χ1) is 10.8. The van der Waals surface area contributed by atoms with E-state index in [9.17, 15) is 17.8 Å². The van der Waals surface area contributed by atoms with Crippen molar-refractivity contribution in [2.75, 3.05) is 0 Å². The lowest BCUT2D eigenvalue weighted by Gasteiger charge is -2.55. The van der Waals surface area contributed by atoms with E-state index in [1.165, 1.54) is 43.5 Å². The van der Waals surface area contributed by atoms with E-state index < -0.39 is 16.1 Å². The Kier molecular flexibility index (Phi) is 3.32. The lowest BCUT2D eigenvalue weighted by atomic mass is 9.54. The summed E-state index contributed by atoms with van der Waals surface area (Å²) >= 11 is 0. The highest BCUT2D eigenvalue weighted by Gasteiger charge is 2.53. The van der Waals surface area contributed by atoms with Crippen molar-refractivity contribution in [1.29, 1.82) is 0 Å². The highest BCUT2D eigenvalue weighted by Crippen LogP contribution is 2.57. The fourth-order valence-corrected chi connectivity index (χ4v) is 5.64. The van der Waals surface area contributed by atoms with Gasteiger partial charge in [0.05, 0.1) is 10.5 Å². The molecule has 5 rings (SSSR count). The van der Waals surface area contributed by atoms with Gasteiger partial charge in [0.15, 0.2) is 0 Å². The van der Waals surface area contributed by atoms with Gasteiger partial charge in [-0.2, -0.15) is 0 Å². The molecular formula is C17H19O5S-. The van der Waals surface area contributed by atoms with Crippen molar-refractivity contribution in [2.45, 2.75) is 49.0 Å². The maximum Gasteiger partial charge on any atom is 0.338 e. The van der Waals surface area contributed by atoms with Gasteiger partial charge in [0.25, 0.3) is 0 Å². The number of rotatable bonds is 3. The van der Waals surface area contributed by atoms with Crippen LogP contribution in [-0.2, 0) is 14.9 Å². The fourth-order valence-electron chi connectivity index (χ4n) is 5.17. The Morgan fingerprint density at radius 2 is 1.48 bits per heavy atom. The van der Waals surface area contributed by atoms with Crippen LogP contribution in [0.1, 0.15) is 48.9 Å². The van der Waals surface area contributed by atoms with Gasteiger partial charge >= 0.3 is 5.97 Å². The van der Waals surface area contributed by atoms with Crippen LogP contribution < -0.4 is 0 Å². The molecule has 0 unspecified atom stereocenters. The molecule has 124 valence electrons. The zero-order chi connectivity index (χ0) is 16.2. The molecule has 0 N–H and O–H groups in total. The summed E-state index contributed by atoms with van der Waals surface area (Å²) in [5.74, 6) is 1.63. The van der Waals surface area contributed by atoms with Crippen molar-refractivity contribution in [3.63, 3.8) is 0 Å². The maximum absolute atomic E-state index is 12.4. The third kappa shape index (κ3) is 2.78. The number of carbonyl (C=O) groups excluding carboxylic acids is 1. The number of ether oxygens (including phenoxy) is 1. The van der Waals surface area contributed by atoms with Gasteiger partial charge in [0, 0.05) is 0 Å². The van der Waals surface area contributed by atoms with Gasteiger partial charge in [0.2, 0.25) is 0 Å². The van der Waals surface area contributed by atoms with Gasteiger partial charge < -0.3 is 9.29 Å². The van der Waals surface area contributed by atoms with Gasteiger partial charge in [-0.1, -0.05) is 0 Å². The molecule has 0 saturated heterocycles. The molecule has 0 aliphatic heterocycles. The van der Waals surface area contributed by atoms with Crippen LogP contribution in [0, 0.1) is 17.8 Å². The molecule has 0 radical (unpaired) electrons. The minimum atomic E-state index is -4.49. The van der Waals surface area contributed by atoms with E-state index in [1.807, 2.05) is 0 Å². The fraction of sp³-hybridized carbons (Fsp3) is 0.588. The predicted octanol–water partition coefficient (Wildman–Crippen LogP) is 2.72. The molecule has 0 atom stereocenters. The van der Waals surface area contributed by atoms with E-state index in [0.29, 0.717) is 23.3 Å². The smallest absolute Gasteiger partial charge is 0.338 e. The maximum atomic E-state index is 12.4. The molecule has 0 aromatic heterocycles. The first-order valence-electron chi connectivity index (χ1n) is 8.12. The van der Waals surface area contributed by atoms with Crippen LogP contribution in [0.3, 0.4) is 0 Å². The van der Waals surface area contributed by atoms with Crippen LogP contribution in [0.25, 0.3) is 0 Å². The van der Waals surface area contributed by atoms with Crippen LogP contribution in [0.2, 0.25) is 0 Å². The quantitative estimate of drug-likeness (QED) is 0.626. The Morgan fingerprint density at radius 1 is 1.00 bits per heavy atom. The minimum absolute atomic E-state index is 0.299. The first-order valence-corrected chi connectivity index (χ1v) is 9.53. The zero-order valence-electron chi connectivity index (χ0n) is 12.7. The van der Waals surface area contributed by atoms with Crippen LogP contribution in [0.4, 0.5) is 0 Å². The van der Waals surface area contributed by atoms with E-state index in [2.05, 4.69) is 0 Å². The SMILES string of the molecule is O=C(OC12CC3CC(CC(C3)C1)C2)c1ccc(S(=O)(=O)[O-])cc1. The lowest BCUT2D eigenvalue weighted by Crippen LogP contribution is -2.52. The molecule has 0 spiro atoms. The normalized spacial score (nSPS) is 35.3. The topological polar surface area (TPSA) is 83.5 Å². The van der Waals surface area contributed by atoms with Crippen LogP contribution in [0.15, 0.2) is 29.2 Å². The molecule has 5 nitrogen and oxygen atoms in total. The van der Waals surface area contributed by atoms with Crippen LogP contribution in [-0.4, -0.2) is 24.5 Å². The predicted molar refractivity (Wildman–Crippen MR) is 80.7 cm³/mol. The summed E-state index contributed by atoms with van der Waals surface area (Å²) in [6.45, 7) is 0. The van der Waals surface area contributed by atoms with Gasteiger partial charge in [-0.3, -0.25) is 0 Å². The minimum Gasteiger partial charge on any atom is -0.744 e. The third-order valence-electron chi connectivity index (χ3n) is 5.67. The molecule has 0 amide bonds. The summed E-state index contributed by atoms with van der Waals surface area (Å²) in [4.78, 5) is 12.1. The zero-order valence-corrected chi connectivity index (χ0v) is 13.6. The number of esters is 1. The van der Waals surface area contributed by atoms with Crippen LogP contribution >= 0.6 is 0 Å². The lowest BCUT2D eigenvalue weighted by molar-refractivity contribution is -0.131. The highest BCUT2D eigenvalue weighted by atomic mass is 32.2. The summed E-state index contributed by atoms with van der Waals surface area (Å²) in [5, 5.41) is 0. The van der Waals surface area contributed by atoms with E-state index in [-0.39, 0.29) is 10.5 Å². The third-order valence-corrected chi connectivity index (χ3v) is 6.52. The highest BCUT2D eigenvalue weighted by molar-refractivity contribution is 7.85. The Bertz CT molecular complexity index is 699. The van der Waals surface area contributed by atoms with Crippen molar-refractivity contribution in [3.8, 4) is 0 Å². The summed E-state index contributed by atoms with van der Waals surface area (Å²) in [6.07, 6.45) is 6.68. The molecule has 4 bridgehead atoms. The van der Waals surface area contributed by atoms with Crippen LogP contribution in [0.5, 0.6) is 0 Å². The van der Waals surface area contributed by atoms with Crippen molar-refractivity contribution in [1.82, 2.24) is 0 Å². The van der Waals surface area contributed by atoms with E-state index in [4.69, 9.17) is 4.74 Å². The number of hydrogen-bond acceptors (Lipinski definition) is 5. The molecular weight excluding hydrogens is 316 g/mol. The van der Waals surface area contributed by atoms with Gasteiger partial charge in [0.1, 0.15) is 15.7 Å². The molecule has 4 aliphatic rings. The number of hydrogen-bond donors (Lipinski definition) is 0. The molecule has 0 heterocycles. The second-order valence-electron chi connectivity index (χ2n) is 7.47. The monoisotopic (exact) mass is 335 g/mol. The molecule has 1 aromatic carbocycles. The van der Waals surface area contributed by atoms with Crippen molar-refractivity contribution < 1.29 is 22.5 Å². The number of benzene rings is 1. The van der Waals surface area contributed by atoms with Crippen molar-refractivity contribution >= 4 is 16.1 Å². The Labute approximate surface area is 135 Å². The Balaban J connectivity index is 1.52. The first kappa shape index (κ1) is 15.1. The molecule has 4 saturated carbocycles. The van der Waals surface area contributed by atoms with Crippen molar-refractivity contribution in [2.24, 2.45) is 17.8 Å². The summed E-state index contributed by atoms with van der Waals surface area (Å²) in [5.41, 5.74) is -0.0251.